The molecule has 0 bridgehead atoms. The summed E-state index contributed by atoms with van der Waals surface area (Å²) in [6.45, 7) is 5.22. The van der Waals surface area contributed by atoms with Gasteiger partial charge < -0.3 is 14.9 Å². The minimum atomic E-state index is 0.495. The maximum Gasteiger partial charge on any atom is 0.201 e. The van der Waals surface area contributed by atoms with Gasteiger partial charge in [-0.1, -0.05) is 50.2 Å². The van der Waals surface area contributed by atoms with Crippen LogP contribution in [0.2, 0.25) is 0 Å². The Balaban J connectivity index is 1.89. The zero-order valence-electron chi connectivity index (χ0n) is 15.3. The molecule has 0 saturated heterocycles. The van der Waals surface area contributed by atoms with E-state index in [9.17, 15) is 0 Å². The van der Waals surface area contributed by atoms with Gasteiger partial charge in [-0.2, -0.15) is 0 Å². The van der Waals surface area contributed by atoms with Gasteiger partial charge >= 0.3 is 0 Å². The molecule has 5 nitrogen and oxygen atoms in total. The third kappa shape index (κ3) is 2.75. The number of benzene rings is 2. The van der Waals surface area contributed by atoms with Crippen LogP contribution in [0.5, 0.6) is 0 Å². The maximum absolute atomic E-state index is 6.16. The van der Waals surface area contributed by atoms with Crippen molar-refractivity contribution in [3.05, 3.63) is 54.9 Å². The van der Waals surface area contributed by atoms with Crippen LogP contribution in [0.3, 0.4) is 0 Å². The molecule has 2 aromatic heterocycles. The van der Waals surface area contributed by atoms with E-state index in [0.717, 1.165) is 40.1 Å². The molecular formula is C21H23N5. The fraction of sp³-hybridized carbons (Fsp3) is 0.238. The van der Waals surface area contributed by atoms with Crippen molar-refractivity contribution >= 4 is 17.0 Å². The summed E-state index contributed by atoms with van der Waals surface area (Å²) in [7, 11) is 2.03. The van der Waals surface area contributed by atoms with Gasteiger partial charge in [0.2, 0.25) is 5.95 Å². The van der Waals surface area contributed by atoms with Gasteiger partial charge in [0.05, 0.1) is 28.7 Å². The Morgan fingerprint density at radius 2 is 1.81 bits per heavy atom. The first-order valence-corrected chi connectivity index (χ1v) is 8.87. The van der Waals surface area contributed by atoms with Crippen molar-refractivity contribution in [1.82, 2.24) is 19.1 Å². The Labute approximate surface area is 153 Å². The molecule has 2 N–H and O–H groups in total. The largest absolute Gasteiger partial charge is 0.369 e. The molecule has 2 aromatic carbocycles. The maximum atomic E-state index is 6.16. The highest BCUT2D eigenvalue weighted by Crippen LogP contribution is 2.33. The van der Waals surface area contributed by atoms with Gasteiger partial charge in [-0.25, -0.2) is 9.97 Å². The van der Waals surface area contributed by atoms with Crippen molar-refractivity contribution in [2.75, 3.05) is 5.73 Å². The van der Waals surface area contributed by atoms with E-state index in [4.69, 9.17) is 5.73 Å². The summed E-state index contributed by atoms with van der Waals surface area (Å²) in [6, 6.07) is 16.6. The Hall–Kier alpha value is -3.08. The lowest BCUT2D eigenvalue weighted by Crippen LogP contribution is -2.07. The molecule has 0 radical (unpaired) electrons. The molecule has 26 heavy (non-hydrogen) atoms. The standard InChI is InChI=1S/C21H23N5/c1-14(2)12-26-18-11-16(9-10-17(18)24-21(26)22)20-19(23-13-25(20)3)15-7-5-4-6-8-15/h4-11,13-14H,12H2,1-3H3,(H2,22,24). The molecule has 4 aromatic rings. The predicted molar refractivity (Wildman–Crippen MR) is 107 cm³/mol. The molecule has 0 spiro atoms. The number of nitrogens with zero attached hydrogens (tertiary/aromatic N) is 4. The quantitative estimate of drug-likeness (QED) is 0.598. The lowest BCUT2D eigenvalue weighted by molar-refractivity contribution is 0.538. The second-order valence-corrected chi connectivity index (χ2v) is 7.10. The van der Waals surface area contributed by atoms with Crippen molar-refractivity contribution in [3.8, 4) is 22.5 Å². The minimum Gasteiger partial charge on any atom is -0.369 e. The highest BCUT2D eigenvalue weighted by molar-refractivity contribution is 5.87. The highest BCUT2D eigenvalue weighted by atomic mass is 15.2. The van der Waals surface area contributed by atoms with Crippen molar-refractivity contribution < 1.29 is 0 Å². The summed E-state index contributed by atoms with van der Waals surface area (Å²) in [6.07, 6.45) is 1.86. The third-order valence-electron chi connectivity index (χ3n) is 4.58. The van der Waals surface area contributed by atoms with E-state index in [1.54, 1.807) is 0 Å². The first kappa shape index (κ1) is 16.4. The second kappa shape index (κ2) is 6.33. The second-order valence-electron chi connectivity index (χ2n) is 7.10. The van der Waals surface area contributed by atoms with Crippen LogP contribution in [0.25, 0.3) is 33.5 Å². The molecule has 0 saturated carbocycles. The molecular weight excluding hydrogens is 322 g/mol. The number of anilines is 1. The molecule has 5 heteroatoms. The summed E-state index contributed by atoms with van der Waals surface area (Å²) >= 11 is 0. The van der Waals surface area contributed by atoms with Crippen LogP contribution in [0, 0.1) is 5.92 Å². The SMILES string of the molecule is CC(C)Cn1c(N)nc2ccc(-c3c(-c4ccccc4)ncn3C)cc21. The zero-order valence-corrected chi connectivity index (χ0v) is 15.3. The fourth-order valence-electron chi connectivity index (χ4n) is 3.42. The van der Waals surface area contributed by atoms with E-state index in [-0.39, 0.29) is 0 Å². The van der Waals surface area contributed by atoms with Gasteiger partial charge in [-0.15, -0.1) is 0 Å². The molecule has 0 fully saturated rings. The van der Waals surface area contributed by atoms with E-state index in [1.165, 1.54) is 0 Å². The van der Waals surface area contributed by atoms with Crippen molar-refractivity contribution in [3.63, 3.8) is 0 Å². The molecule has 132 valence electrons. The topological polar surface area (TPSA) is 61.7 Å². The van der Waals surface area contributed by atoms with Crippen LogP contribution in [-0.4, -0.2) is 19.1 Å². The number of aryl methyl sites for hydroxylation is 1. The number of rotatable bonds is 4. The molecule has 4 rings (SSSR count). The number of imidazole rings is 2. The number of fused-ring (bicyclic) bond motifs is 1. The minimum absolute atomic E-state index is 0.495. The average Bonchev–Trinajstić information content (AvgIpc) is 3.15. The smallest absolute Gasteiger partial charge is 0.201 e. The van der Waals surface area contributed by atoms with Gasteiger partial charge in [0.15, 0.2) is 0 Å². The molecule has 0 unspecified atom stereocenters. The number of hydrogen-bond donors (Lipinski definition) is 1. The van der Waals surface area contributed by atoms with Crippen molar-refractivity contribution in [2.24, 2.45) is 13.0 Å². The summed E-state index contributed by atoms with van der Waals surface area (Å²) < 4.78 is 4.16. The first-order chi connectivity index (χ1) is 12.5. The number of nitrogen functional groups attached to an aromatic ring is 1. The van der Waals surface area contributed by atoms with Crippen LogP contribution in [0.4, 0.5) is 5.95 Å². The van der Waals surface area contributed by atoms with Gasteiger partial charge in [0, 0.05) is 24.7 Å². The lowest BCUT2D eigenvalue weighted by atomic mass is 10.0. The van der Waals surface area contributed by atoms with Gasteiger partial charge in [0.25, 0.3) is 0 Å². The van der Waals surface area contributed by atoms with Crippen LogP contribution >= 0.6 is 0 Å². The monoisotopic (exact) mass is 345 g/mol. The molecule has 0 aliphatic heterocycles. The highest BCUT2D eigenvalue weighted by Gasteiger charge is 2.16. The van der Waals surface area contributed by atoms with Crippen LogP contribution in [0.1, 0.15) is 13.8 Å². The number of nitrogens with two attached hydrogens (primary N) is 1. The summed E-state index contributed by atoms with van der Waals surface area (Å²) in [4.78, 5) is 9.14. The van der Waals surface area contributed by atoms with E-state index >= 15 is 0 Å². The molecule has 0 aliphatic carbocycles. The van der Waals surface area contributed by atoms with Gasteiger partial charge in [-0.05, 0) is 18.1 Å². The fourth-order valence-corrected chi connectivity index (χ4v) is 3.42. The Bertz CT molecular complexity index is 1060. The number of hydrogen-bond acceptors (Lipinski definition) is 3. The number of aromatic nitrogens is 4. The lowest BCUT2D eigenvalue weighted by Gasteiger charge is -2.11. The molecule has 0 atom stereocenters. The van der Waals surface area contributed by atoms with Crippen LogP contribution in [-0.2, 0) is 13.6 Å². The van der Waals surface area contributed by atoms with Gasteiger partial charge in [-0.3, -0.25) is 0 Å². The molecule has 0 aliphatic rings. The third-order valence-corrected chi connectivity index (χ3v) is 4.58. The van der Waals surface area contributed by atoms with Gasteiger partial charge in [0.1, 0.15) is 0 Å². The Kier molecular flexibility index (Phi) is 3.99. The van der Waals surface area contributed by atoms with Crippen molar-refractivity contribution in [1.29, 1.82) is 0 Å². The van der Waals surface area contributed by atoms with Crippen LogP contribution in [0.15, 0.2) is 54.9 Å². The van der Waals surface area contributed by atoms with Crippen LogP contribution < -0.4 is 5.73 Å². The summed E-state index contributed by atoms with van der Waals surface area (Å²) in [5, 5.41) is 0. The zero-order chi connectivity index (χ0) is 18.3. The first-order valence-electron chi connectivity index (χ1n) is 8.87. The summed E-state index contributed by atoms with van der Waals surface area (Å²) in [5.41, 5.74) is 12.4. The predicted octanol–water partition coefficient (Wildman–Crippen LogP) is 4.34. The van der Waals surface area contributed by atoms with E-state index < -0.39 is 0 Å². The van der Waals surface area contributed by atoms with Crippen molar-refractivity contribution in [2.45, 2.75) is 20.4 Å². The average molecular weight is 345 g/mol. The normalized spacial score (nSPS) is 11.5. The Morgan fingerprint density at radius 3 is 2.54 bits per heavy atom. The van der Waals surface area contributed by atoms with E-state index in [1.807, 2.05) is 37.6 Å². The van der Waals surface area contributed by atoms with E-state index in [2.05, 4.69) is 57.2 Å². The molecule has 2 heterocycles. The summed E-state index contributed by atoms with van der Waals surface area (Å²) in [5.74, 6) is 1.06. The van der Waals surface area contributed by atoms with E-state index in [0.29, 0.717) is 11.9 Å². The molecule has 0 amide bonds. The Morgan fingerprint density at radius 1 is 1.04 bits per heavy atom.